The zero-order valence-electron chi connectivity index (χ0n) is 45.6. The van der Waals surface area contributed by atoms with Crippen LogP contribution in [-0.4, -0.2) is 37.2 Å². The van der Waals surface area contributed by atoms with Gasteiger partial charge in [0.15, 0.2) is 6.10 Å². The normalized spacial score (nSPS) is 12.2. The first kappa shape index (κ1) is 65.6. The van der Waals surface area contributed by atoms with Gasteiger partial charge in [0, 0.05) is 19.3 Å². The number of carbonyl (C=O) groups is 3. The SMILES string of the molecule is CCCCC/C=C/C/C=C/CCCCCCCCCC(=O)O[C@H](COC(=O)CCCCCCC/C=C/CCCCCCC)COC(=O)CCCCCCCCCCCCCCCCCCCCC. The van der Waals surface area contributed by atoms with Crippen molar-refractivity contribution in [3.05, 3.63) is 36.5 Å². The zero-order valence-corrected chi connectivity index (χ0v) is 45.6. The molecule has 0 heterocycles. The number of carbonyl (C=O) groups excluding carboxylic acids is 3. The minimum Gasteiger partial charge on any atom is -0.462 e. The summed E-state index contributed by atoms with van der Waals surface area (Å²) in [6, 6.07) is 0. The Balaban J connectivity index is 4.34. The Hall–Kier alpha value is -2.37. The highest BCUT2D eigenvalue weighted by molar-refractivity contribution is 5.71. The molecule has 0 amide bonds. The van der Waals surface area contributed by atoms with Crippen molar-refractivity contribution in [3.63, 3.8) is 0 Å². The lowest BCUT2D eigenvalue weighted by Gasteiger charge is -2.18. The van der Waals surface area contributed by atoms with E-state index in [9.17, 15) is 14.4 Å². The maximum Gasteiger partial charge on any atom is 0.306 e. The minimum atomic E-state index is -0.777. The Morgan fingerprint density at radius 3 is 0.853 bits per heavy atom. The van der Waals surface area contributed by atoms with Crippen LogP contribution in [0.4, 0.5) is 0 Å². The van der Waals surface area contributed by atoms with E-state index in [4.69, 9.17) is 14.2 Å². The van der Waals surface area contributed by atoms with Gasteiger partial charge >= 0.3 is 17.9 Å². The fraction of sp³-hybridized carbons (Fsp3) is 0.855. The molecule has 0 aliphatic heterocycles. The van der Waals surface area contributed by atoms with Gasteiger partial charge in [-0.05, 0) is 77.0 Å². The molecule has 1 atom stereocenters. The van der Waals surface area contributed by atoms with Crippen molar-refractivity contribution in [2.45, 2.75) is 329 Å². The number of unbranched alkanes of at least 4 members (excludes halogenated alkanes) is 38. The topological polar surface area (TPSA) is 78.9 Å². The molecule has 0 rings (SSSR count). The molecule has 0 spiro atoms. The van der Waals surface area contributed by atoms with Crippen LogP contribution in [0, 0.1) is 0 Å². The van der Waals surface area contributed by atoms with Crippen LogP contribution in [0.25, 0.3) is 0 Å². The molecule has 0 unspecified atom stereocenters. The fourth-order valence-electron chi connectivity index (χ4n) is 8.82. The maximum absolute atomic E-state index is 12.9. The molecule has 0 aromatic carbocycles. The molecule has 0 saturated heterocycles. The molecule has 0 fully saturated rings. The molecular formula is C62H114O6. The van der Waals surface area contributed by atoms with Crippen LogP contribution in [0.15, 0.2) is 36.5 Å². The van der Waals surface area contributed by atoms with Crippen LogP contribution >= 0.6 is 0 Å². The van der Waals surface area contributed by atoms with Crippen molar-refractivity contribution in [3.8, 4) is 0 Å². The number of esters is 3. The lowest BCUT2D eigenvalue weighted by atomic mass is 10.0. The largest absolute Gasteiger partial charge is 0.462 e. The summed E-state index contributed by atoms with van der Waals surface area (Å²) in [5.74, 6) is -0.872. The Morgan fingerprint density at radius 2 is 0.529 bits per heavy atom. The van der Waals surface area contributed by atoms with Gasteiger partial charge in [0.1, 0.15) is 13.2 Å². The Bertz CT molecular complexity index is 1140. The predicted octanol–water partition coefficient (Wildman–Crippen LogP) is 20.0. The first-order valence-corrected chi connectivity index (χ1v) is 30.0. The molecule has 0 N–H and O–H groups in total. The van der Waals surface area contributed by atoms with Crippen molar-refractivity contribution >= 4 is 17.9 Å². The van der Waals surface area contributed by atoms with E-state index in [0.29, 0.717) is 19.3 Å². The predicted molar refractivity (Wildman–Crippen MR) is 293 cm³/mol. The van der Waals surface area contributed by atoms with Crippen LogP contribution < -0.4 is 0 Å². The van der Waals surface area contributed by atoms with Gasteiger partial charge in [0.05, 0.1) is 0 Å². The van der Waals surface area contributed by atoms with Crippen molar-refractivity contribution in [1.29, 1.82) is 0 Å². The average molecular weight is 956 g/mol. The first-order valence-electron chi connectivity index (χ1n) is 30.0. The van der Waals surface area contributed by atoms with E-state index in [1.807, 2.05) is 0 Å². The molecule has 398 valence electrons. The number of ether oxygens (including phenoxy) is 3. The van der Waals surface area contributed by atoms with Crippen LogP contribution in [0.5, 0.6) is 0 Å². The summed E-state index contributed by atoms with van der Waals surface area (Å²) in [6.45, 7) is 6.64. The van der Waals surface area contributed by atoms with Crippen LogP contribution in [0.2, 0.25) is 0 Å². The van der Waals surface area contributed by atoms with Crippen molar-refractivity contribution < 1.29 is 28.6 Å². The Kier molecular flexibility index (Phi) is 55.2. The molecule has 68 heavy (non-hydrogen) atoms. The lowest BCUT2D eigenvalue weighted by Crippen LogP contribution is -2.30. The smallest absolute Gasteiger partial charge is 0.306 e. The number of hydrogen-bond acceptors (Lipinski definition) is 6. The van der Waals surface area contributed by atoms with Crippen LogP contribution in [-0.2, 0) is 28.6 Å². The highest BCUT2D eigenvalue weighted by atomic mass is 16.6. The minimum absolute atomic E-state index is 0.0742. The molecule has 0 aliphatic rings. The summed E-state index contributed by atoms with van der Waals surface area (Å²) in [7, 11) is 0. The molecule has 0 aromatic heterocycles. The number of rotatable bonds is 55. The third-order valence-corrected chi connectivity index (χ3v) is 13.4. The Labute approximate surface area is 423 Å². The highest BCUT2D eigenvalue weighted by Crippen LogP contribution is 2.17. The fourth-order valence-corrected chi connectivity index (χ4v) is 8.82. The van der Waals surface area contributed by atoms with E-state index in [1.54, 1.807) is 0 Å². The number of allylic oxidation sites excluding steroid dienone is 6. The van der Waals surface area contributed by atoms with Gasteiger partial charge in [0.2, 0.25) is 0 Å². The third-order valence-electron chi connectivity index (χ3n) is 13.4. The number of hydrogen-bond donors (Lipinski definition) is 0. The van der Waals surface area contributed by atoms with Gasteiger partial charge in [-0.25, -0.2) is 0 Å². The quantitative estimate of drug-likeness (QED) is 0.0262. The molecule has 0 radical (unpaired) electrons. The van der Waals surface area contributed by atoms with Crippen LogP contribution in [0.1, 0.15) is 323 Å². The van der Waals surface area contributed by atoms with Gasteiger partial charge in [-0.1, -0.05) is 263 Å². The van der Waals surface area contributed by atoms with Gasteiger partial charge in [-0.3, -0.25) is 14.4 Å². The summed E-state index contributed by atoms with van der Waals surface area (Å²) >= 11 is 0. The maximum atomic E-state index is 12.9. The summed E-state index contributed by atoms with van der Waals surface area (Å²) < 4.78 is 16.9. The van der Waals surface area contributed by atoms with E-state index in [1.165, 1.54) is 205 Å². The van der Waals surface area contributed by atoms with Crippen molar-refractivity contribution in [2.24, 2.45) is 0 Å². The molecular weight excluding hydrogens is 841 g/mol. The standard InChI is InChI=1S/C62H114O6/c1-4-7-10-13-16-19-22-25-28-30-31-33-34-37-40-43-46-49-52-55-61(64)67-58-59(57-66-60(63)54-51-48-45-42-39-36-27-24-21-18-15-12-9-6-3)68-62(65)56-53-50-47-44-41-38-35-32-29-26-23-20-17-14-11-8-5-2/h17,20,24,26-27,29,59H,4-16,18-19,21-23,25,28,30-58H2,1-3H3/b20-17+,27-24+,29-26+/t59-/m1/s1. The lowest BCUT2D eigenvalue weighted by molar-refractivity contribution is -0.167. The van der Waals surface area contributed by atoms with Crippen molar-refractivity contribution in [1.82, 2.24) is 0 Å². The van der Waals surface area contributed by atoms with Gasteiger partial charge in [-0.2, -0.15) is 0 Å². The highest BCUT2D eigenvalue weighted by Gasteiger charge is 2.19. The van der Waals surface area contributed by atoms with Gasteiger partial charge in [-0.15, -0.1) is 0 Å². The molecule has 6 nitrogen and oxygen atoms in total. The molecule has 6 heteroatoms. The summed E-state index contributed by atoms with van der Waals surface area (Å²) in [5, 5.41) is 0. The Morgan fingerprint density at radius 1 is 0.294 bits per heavy atom. The van der Waals surface area contributed by atoms with Gasteiger partial charge < -0.3 is 14.2 Å². The second-order valence-corrected chi connectivity index (χ2v) is 20.3. The summed E-state index contributed by atoms with van der Waals surface area (Å²) in [4.78, 5) is 38.2. The second-order valence-electron chi connectivity index (χ2n) is 20.3. The third kappa shape index (κ3) is 54.6. The van der Waals surface area contributed by atoms with E-state index < -0.39 is 6.10 Å². The molecule has 0 aromatic rings. The average Bonchev–Trinajstić information content (AvgIpc) is 3.34. The van der Waals surface area contributed by atoms with E-state index >= 15 is 0 Å². The molecule has 0 aliphatic carbocycles. The molecule has 0 saturated carbocycles. The van der Waals surface area contributed by atoms with Gasteiger partial charge in [0.25, 0.3) is 0 Å². The first-order chi connectivity index (χ1) is 33.5. The zero-order chi connectivity index (χ0) is 49.3. The van der Waals surface area contributed by atoms with E-state index in [0.717, 1.165) is 77.0 Å². The monoisotopic (exact) mass is 955 g/mol. The van der Waals surface area contributed by atoms with Crippen molar-refractivity contribution in [2.75, 3.05) is 13.2 Å². The summed E-state index contributed by atoms with van der Waals surface area (Å²) in [5.41, 5.74) is 0. The molecule has 0 bridgehead atoms. The van der Waals surface area contributed by atoms with E-state index in [2.05, 4.69) is 57.2 Å². The van der Waals surface area contributed by atoms with E-state index in [-0.39, 0.29) is 31.1 Å². The second kappa shape index (κ2) is 57.2. The summed E-state index contributed by atoms with van der Waals surface area (Å²) in [6.07, 6.45) is 68.5. The van der Waals surface area contributed by atoms with Crippen LogP contribution in [0.3, 0.4) is 0 Å².